The number of hydrogen-bond donors (Lipinski definition) is 1. The molecule has 0 aliphatic heterocycles. The molecular weight excluding hydrogens is 556 g/mol. The SMILES string of the molecule is Cc1cc(N(C)C)nc(NCc2ccc(CN(CCCN(C(=O)OC(C)(C)C)C3CCCCC3)C(=O)OC(C)(C)C)cc2)n1. The quantitative estimate of drug-likeness (QED) is 0.286. The first kappa shape index (κ1) is 34.9. The van der Waals surface area contributed by atoms with Crippen LogP contribution in [0.2, 0.25) is 0 Å². The maximum absolute atomic E-state index is 13.3. The van der Waals surface area contributed by atoms with E-state index in [9.17, 15) is 9.59 Å². The van der Waals surface area contributed by atoms with E-state index in [1.165, 1.54) is 6.42 Å². The van der Waals surface area contributed by atoms with Gasteiger partial charge >= 0.3 is 12.2 Å². The zero-order valence-corrected chi connectivity index (χ0v) is 28.4. The molecule has 0 bridgehead atoms. The van der Waals surface area contributed by atoms with Crippen LogP contribution in [0.5, 0.6) is 0 Å². The highest BCUT2D eigenvalue weighted by atomic mass is 16.6. The molecule has 1 saturated carbocycles. The van der Waals surface area contributed by atoms with Crippen LogP contribution in [0, 0.1) is 6.92 Å². The first-order valence-corrected chi connectivity index (χ1v) is 15.9. The fourth-order valence-corrected chi connectivity index (χ4v) is 5.15. The lowest BCUT2D eigenvalue weighted by Gasteiger charge is -2.36. The minimum Gasteiger partial charge on any atom is -0.444 e. The van der Waals surface area contributed by atoms with Crippen LogP contribution in [-0.4, -0.2) is 76.4 Å². The van der Waals surface area contributed by atoms with Crippen LogP contribution >= 0.6 is 0 Å². The van der Waals surface area contributed by atoms with E-state index < -0.39 is 11.2 Å². The van der Waals surface area contributed by atoms with Crippen LogP contribution in [0.25, 0.3) is 0 Å². The molecule has 44 heavy (non-hydrogen) atoms. The highest BCUT2D eigenvalue weighted by Gasteiger charge is 2.30. The van der Waals surface area contributed by atoms with E-state index in [2.05, 4.69) is 15.3 Å². The molecule has 1 aromatic heterocycles. The molecule has 0 atom stereocenters. The Bertz CT molecular complexity index is 1210. The minimum absolute atomic E-state index is 0.175. The molecule has 2 aromatic rings. The smallest absolute Gasteiger partial charge is 0.410 e. The lowest BCUT2D eigenvalue weighted by Crippen LogP contribution is -2.45. The van der Waals surface area contributed by atoms with Crippen molar-refractivity contribution in [3.05, 3.63) is 47.2 Å². The normalized spacial score (nSPS) is 14.1. The number of aryl methyl sites for hydroxylation is 1. The molecule has 1 fully saturated rings. The van der Waals surface area contributed by atoms with E-state index >= 15 is 0 Å². The van der Waals surface area contributed by atoms with Gasteiger partial charge in [0.15, 0.2) is 0 Å². The summed E-state index contributed by atoms with van der Waals surface area (Å²) in [6, 6.07) is 10.3. The number of carbonyl (C=O) groups excluding carboxylic acids is 2. The maximum atomic E-state index is 13.3. The van der Waals surface area contributed by atoms with Crippen molar-refractivity contribution in [2.24, 2.45) is 0 Å². The molecule has 0 saturated heterocycles. The monoisotopic (exact) mass is 610 g/mol. The van der Waals surface area contributed by atoms with Gasteiger partial charge in [0.25, 0.3) is 0 Å². The number of rotatable bonds is 11. The Balaban J connectivity index is 1.66. The van der Waals surface area contributed by atoms with Gasteiger partial charge in [0, 0.05) is 58.1 Å². The van der Waals surface area contributed by atoms with Gasteiger partial charge in [-0.05, 0) is 78.9 Å². The van der Waals surface area contributed by atoms with Gasteiger partial charge in [0.1, 0.15) is 17.0 Å². The van der Waals surface area contributed by atoms with Crippen LogP contribution in [0.3, 0.4) is 0 Å². The fourth-order valence-electron chi connectivity index (χ4n) is 5.15. The van der Waals surface area contributed by atoms with Crippen molar-refractivity contribution < 1.29 is 19.1 Å². The third kappa shape index (κ3) is 11.8. The van der Waals surface area contributed by atoms with Gasteiger partial charge in [-0.2, -0.15) is 4.98 Å². The van der Waals surface area contributed by atoms with E-state index in [0.717, 1.165) is 48.3 Å². The Morgan fingerprint density at radius 3 is 2.05 bits per heavy atom. The summed E-state index contributed by atoms with van der Waals surface area (Å²) in [5.74, 6) is 1.44. The van der Waals surface area contributed by atoms with E-state index in [1.807, 2.05) is 103 Å². The number of nitrogens with zero attached hydrogens (tertiary/aromatic N) is 5. The number of hydrogen-bond acceptors (Lipinski definition) is 8. The van der Waals surface area contributed by atoms with E-state index in [0.29, 0.717) is 38.5 Å². The summed E-state index contributed by atoms with van der Waals surface area (Å²) in [5.41, 5.74) is 1.81. The molecule has 1 N–H and O–H groups in total. The average Bonchev–Trinajstić information content (AvgIpc) is 2.92. The van der Waals surface area contributed by atoms with Gasteiger partial charge in [0.05, 0.1) is 0 Å². The van der Waals surface area contributed by atoms with E-state index in [1.54, 1.807) is 4.90 Å². The Labute approximate surface area is 264 Å². The van der Waals surface area contributed by atoms with E-state index in [4.69, 9.17) is 9.47 Å². The summed E-state index contributed by atoms with van der Waals surface area (Å²) < 4.78 is 11.5. The second-order valence-electron chi connectivity index (χ2n) is 14.0. The van der Waals surface area contributed by atoms with Crippen molar-refractivity contribution in [2.75, 3.05) is 37.4 Å². The van der Waals surface area contributed by atoms with Crippen LogP contribution in [0.4, 0.5) is 21.4 Å². The highest BCUT2D eigenvalue weighted by molar-refractivity contribution is 5.69. The van der Waals surface area contributed by atoms with Crippen LogP contribution in [-0.2, 0) is 22.6 Å². The van der Waals surface area contributed by atoms with Gasteiger partial charge < -0.3 is 29.5 Å². The van der Waals surface area contributed by atoms with Gasteiger partial charge in [0.2, 0.25) is 5.95 Å². The summed E-state index contributed by atoms with van der Waals surface area (Å²) in [7, 11) is 3.91. The first-order valence-electron chi connectivity index (χ1n) is 15.9. The molecular formula is C34H54N6O4. The number of nitrogens with one attached hydrogen (secondary N) is 1. The minimum atomic E-state index is -0.611. The number of aromatic nitrogens is 2. The topological polar surface area (TPSA) is 100 Å². The lowest BCUT2D eigenvalue weighted by molar-refractivity contribution is 0.00970. The van der Waals surface area contributed by atoms with Gasteiger partial charge in [-0.3, -0.25) is 0 Å². The lowest BCUT2D eigenvalue weighted by atomic mass is 9.94. The summed E-state index contributed by atoms with van der Waals surface area (Å²) in [5, 5.41) is 3.31. The van der Waals surface area contributed by atoms with Crippen LogP contribution < -0.4 is 10.2 Å². The number of carbonyl (C=O) groups is 2. The predicted octanol–water partition coefficient (Wildman–Crippen LogP) is 7.16. The molecule has 10 nitrogen and oxygen atoms in total. The third-order valence-corrected chi connectivity index (χ3v) is 7.27. The van der Waals surface area contributed by atoms with Crippen LogP contribution in [0.15, 0.2) is 30.3 Å². The van der Waals surface area contributed by atoms with Crippen molar-refractivity contribution in [3.8, 4) is 0 Å². The number of ether oxygens (including phenoxy) is 2. The van der Waals surface area contributed by atoms with Crippen molar-refractivity contribution in [1.82, 2.24) is 19.8 Å². The second-order valence-corrected chi connectivity index (χ2v) is 14.0. The Morgan fingerprint density at radius 1 is 0.864 bits per heavy atom. The van der Waals surface area contributed by atoms with Crippen molar-refractivity contribution in [2.45, 2.75) is 117 Å². The largest absolute Gasteiger partial charge is 0.444 e. The molecule has 0 radical (unpaired) electrons. The summed E-state index contributed by atoms with van der Waals surface area (Å²) in [4.78, 5) is 41.1. The second kappa shape index (κ2) is 15.4. The number of amides is 2. The maximum Gasteiger partial charge on any atom is 0.410 e. The molecule has 0 unspecified atom stereocenters. The standard InChI is InChI=1S/C34H54N6O4/c1-25-22-29(38(8)9)37-30(36-25)35-23-26-16-18-27(19-17-26)24-39(31(41)43-33(2,3)4)20-13-21-40(28-14-11-10-12-15-28)32(42)44-34(5,6)7/h16-19,22,28H,10-15,20-21,23-24H2,1-9H3,(H,35,36,37). The summed E-state index contributed by atoms with van der Waals surface area (Å²) >= 11 is 0. The van der Waals surface area contributed by atoms with Gasteiger partial charge in [-0.25, -0.2) is 14.6 Å². The molecule has 1 aliphatic rings. The molecule has 2 amide bonds. The molecule has 0 spiro atoms. The molecule has 1 aromatic carbocycles. The Hall–Kier alpha value is -3.56. The van der Waals surface area contributed by atoms with Crippen molar-refractivity contribution in [1.29, 1.82) is 0 Å². The Morgan fingerprint density at radius 2 is 1.45 bits per heavy atom. The zero-order chi connectivity index (χ0) is 32.5. The molecule has 10 heteroatoms. The summed E-state index contributed by atoms with van der Waals surface area (Å²) in [6.07, 6.45) is 5.42. The van der Waals surface area contributed by atoms with Crippen molar-refractivity contribution >= 4 is 24.0 Å². The van der Waals surface area contributed by atoms with E-state index in [-0.39, 0.29) is 18.2 Å². The molecule has 1 aliphatic carbocycles. The van der Waals surface area contributed by atoms with Gasteiger partial charge in [-0.1, -0.05) is 43.5 Å². The number of benzene rings is 1. The first-order chi connectivity index (χ1) is 20.6. The molecule has 1 heterocycles. The molecule has 3 rings (SSSR count). The number of anilines is 2. The fraction of sp³-hybridized carbons (Fsp3) is 0.647. The zero-order valence-electron chi connectivity index (χ0n) is 28.4. The highest BCUT2D eigenvalue weighted by Crippen LogP contribution is 2.25. The molecule has 244 valence electrons. The summed E-state index contributed by atoms with van der Waals surface area (Å²) in [6.45, 7) is 15.2. The van der Waals surface area contributed by atoms with Crippen LogP contribution in [0.1, 0.15) is 96.9 Å². The Kier molecular flexibility index (Phi) is 12.3. The van der Waals surface area contributed by atoms with Crippen molar-refractivity contribution in [3.63, 3.8) is 0 Å². The average molecular weight is 611 g/mol. The van der Waals surface area contributed by atoms with Gasteiger partial charge in [-0.15, -0.1) is 0 Å². The third-order valence-electron chi connectivity index (χ3n) is 7.27. The predicted molar refractivity (Wildman–Crippen MR) is 176 cm³/mol.